The normalized spacial score (nSPS) is 12.8. The molecular weight excluding hydrogens is 226 g/mol. The Bertz CT molecular complexity index is 523. The highest BCUT2D eigenvalue weighted by molar-refractivity contribution is 7.89. The largest absolute Gasteiger partial charge is 0.274 e. The predicted octanol–water partition coefficient (Wildman–Crippen LogP) is 0.452. The van der Waals surface area contributed by atoms with Crippen LogP contribution in [0.1, 0.15) is 13.8 Å². The van der Waals surface area contributed by atoms with E-state index in [9.17, 15) is 8.42 Å². The SMILES string of the molecule is C#CC(C)(C)N(C)S(=O)(=O)c1cnn(C)c1. The summed E-state index contributed by atoms with van der Waals surface area (Å²) in [6.07, 6.45) is 8.06. The molecule has 0 atom stereocenters. The molecule has 0 aromatic carbocycles. The summed E-state index contributed by atoms with van der Waals surface area (Å²) in [6, 6.07) is 0. The minimum atomic E-state index is -3.58. The van der Waals surface area contributed by atoms with Gasteiger partial charge in [0.2, 0.25) is 10.0 Å². The van der Waals surface area contributed by atoms with E-state index in [-0.39, 0.29) is 4.90 Å². The van der Waals surface area contributed by atoms with Crippen LogP contribution >= 0.6 is 0 Å². The van der Waals surface area contributed by atoms with E-state index in [4.69, 9.17) is 6.42 Å². The first-order valence-corrected chi connectivity index (χ1v) is 6.11. The van der Waals surface area contributed by atoms with Crippen molar-refractivity contribution in [2.45, 2.75) is 24.3 Å². The van der Waals surface area contributed by atoms with E-state index in [1.54, 1.807) is 20.9 Å². The van der Waals surface area contributed by atoms with Crippen molar-refractivity contribution < 1.29 is 8.42 Å². The number of hydrogen-bond donors (Lipinski definition) is 0. The van der Waals surface area contributed by atoms with Crippen LogP contribution in [0.3, 0.4) is 0 Å². The van der Waals surface area contributed by atoms with Gasteiger partial charge < -0.3 is 0 Å². The molecule has 0 N–H and O–H groups in total. The lowest BCUT2D eigenvalue weighted by Gasteiger charge is -2.29. The summed E-state index contributed by atoms with van der Waals surface area (Å²) in [6.45, 7) is 3.34. The molecule has 0 saturated carbocycles. The Hall–Kier alpha value is -1.32. The lowest BCUT2D eigenvalue weighted by Crippen LogP contribution is -2.43. The molecule has 1 aromatic rings. The fraction of sp³-hybridized carbons (Fsp3) is 0.500. The molecule has 0 saturated heterocycles. The smallest absolute Gasteiger partial charge is 0.247 e. The average Bonchev–Trinajstić information content (AvgIpc) is 2.64. The van der Waals surface area contributed by atoms with Crippen LogP contribution < -0.4 is 0 Å². The second-order valence-electron chi connectivity index (χ2n) is 4.03. The van der Waals surface area contributed by atoms with Gasteiger partial charge in [-0.15, -0.1) is 6.42 Å². The van der Waals surface area contributed by atoms with Gasteiger partial charge >= 0.3 is 0 Å². The molecule has 1 aromatic heterocycles. The zero-order valence-electron chi connectivity index (χ0n) is 9.80. The molecule has 0 unspecified atom stereocenters. The van der Waals surface area contributed by atoms with Gasteiger partial charge in [-0.2, -0.15) is 9.40 Å². The van der Waals surface area contributed by atoms with Crippen LogP contribution in [0.15, 0.2) is 17.3 Å². The number of hydrogen-bond acceptors (Lipinski definition) is 3. The van der Waals surface area contributed by atoms with Crippen molar-refractivity contribution >= 4 is 10.0 Å². The quantitative estimate of drug-likeness (QED) is 0.722. The molecule has 5 nitrogen and oxygen atoms in total. The third kappa shape index (κ3) is 2.10. The van der Waals surface area contributed by atoms with Gasteiger partial charge in [0.05, 0.1) is 11.7 Å². The number of nitrogens with zero attached hydrogens (tertiary/aromatic N) is 3. The van der Waals surface area contributed by atoms with Crippen LogP contribution in [-0.4, -0.2) is 35.1 Å². The number of aryl methyl sites for hydroxylation is 1. The molecule has 6 heteroatoms. The third-order valence-corrected chi connectivity index (χ3v) is 4.46. The molecular formula is C10H15N3O2S. The number of sulfonamides is 1. The standard InChI is InChI=1S/C10H15N3O2S/c1-6-10(2,3)13(5)16(14,15)9-7-11-12(4)8-9/h1,7-8H,2-5H3. The molecule has 0 aliphatic heterocycles. The van der Waals surface area contributed by atoms with Crippen molar-refractivity contribution in [2.75, 3.05) is 7.05 Å². The molecule has 0 aliphatic carbocycles. The first-order valence-electron chi connectivity index (χ1n) is 4.67. The van der Waals surface area contributed by atoms with Crippen molar-refractivity contribution in [3.63, 3.8) is 0 Å². The lowest BCUT2D eigenvalue weighted by molar-refractivity contribution is 0.340. The predicted molar refractivity (Wildman–Crippen MR) is 61.1 cm³/mol. The van der Waals surface area contributed by atoms with Gasteiger partial charge in [0, 0.05) is 20.3 Å². The molecule has 0 aliphatic rings. The van der Waals surface area contributed by atoms with Crippen molar-refractivity contribution in [3.05, 3.63) is 12.4 Å². The first-order chi connectivity index (χ1) is 7.21. The Morgan fingerprint density at radius 3 is 2.50 bits per heavy atom. The molecule has 0 spiro atoms. The van der Waals surface area contributed by atoms with E-state index in [1.807, 2.05) is 0 Å². The highest BCUT2D eigenvalue weighted by Crippen LogP contribution is 2.21. The molecule has 0 radical (unpaired) electrons. The first kappa shape index (κ1) is 12.7. The van der Waals surface area contributed by atoms with Gasteiger partial charge in [-0.25, -0.2) is 8.42 Å². The second-order valence-corrected chi connectivity index (χ2v) is 5.99. The molecule has 0 bridgehead atoms. The fourth-order valence-corrected chi connectivity index (χ4v) is 2.52. The summed E-state index contributed by atoms with van der Waals surface area (Å²) in [5, 5.41) is 3.83. The number of aromatic nitrogens is 2. The highest BCUT2D eigenvalue weighted by Gasteiger charge is 2.33. The maximum absolute atomic E-state index is 12.1. The summed E-state index contributed by atoms with van der Waals surface area (Å²) in [4.78, 5) is 0.140. The summed E-state index contributed by atoms with van der Waals surface area (Å²) in [7, 11) is -0.462. The van der Waals surface area contributed by atoms with Crippen LogP contribution in [0, 0.1) is 12.3 Å². The van der Waals surface area contributed by atoms with Gasteiger partial charge in [0.15, 0.2) is 0 Å². The monoisotopic (exact) mass is 241 g/mol. The zero-order chi connectivity index (χ0) is 12.6. The van der Waals surface area contributed by atoms with Crippen LogP contribution in [0.4, 0.5) is 0 Å². The average molecular weight is 241 g/mol. The van der Waals surface area contributed by atoms with Crippen molar-refractivity contribution in [3.8, 4) is 12.3 Å². The Labute approximate surface area is 96.1 Å². The van der Waals surface area contributed by atoms with Crippen LogP contribution in [0.2, 0.25) is 0 Å². The number of rotatable bonds is 3. The van der Waals surface area contributed by atoms with E-state index in [0.29, 0.717) is 0 Å². The van der Waals surface area contributed by atoms with Gasteiger partial charge in [-0.3, -0.25) is 4.68 Å². The Balaban J connectivity index is 3.19. The van der Waals surface area contributed by atoms with E-state index < -0.39 is 15.6 Å². The van der Waals surface area contributed by atoms with E-state index >= 15 is 0 Å². The Morgan fingerprint density at radius 2 is 2.12 bits per heavy atom. The Morgan fingerprint density at radius 1 is 1.56 bits per heavy atom. The molecule has 1 heterocycles. The van der Waals surface area contributed by atoms with E-state index in [0.717, 1.165) is 4.31 Å². The van der Waals surface area contributed by atoms with E-state index in [1.165, 1.54) is 24.1 Å². The lowest BCUT2D eigenvalue weighted by atomic mass is 10.1. The molecule has 0 amide bonds. The van der Waals surface area contributed by atoms with Crippen molar-refractivity contribution in [1.29, 1.82) is 0 Å². The van der Waals surface area contributed by atoms with Gasteiger partial charge in [0.25, 0.3) is 0 Å². The third-order valence-electron chi connectivity index (χ3n) is 2.48. The number of terminal acetylenes is 1. The second kappa shape index (κ2) is 3.92. The minimum Gasteiger partial charge on any atom is -0.274 e. The maximum atomic E-state index is 12.1. The van der Waals surface area contributed by atoms with Gasteiger partial charge in [0.1, 0.15) is 4.90 Å². The molecule has 88 valence electrons. The van der Waals surface area contributed by atoms with Crippen LogP contribution in [0.25, 0.3) is 0 Å². The highest BCUT2D eigenvalue weighted by atomic mass is 32.2. The summed E-state index contributed by atoms with van der Waals surface area (Å²) in [5.41, 5.74) is -0.866. The van der Waals surface area contributed by atoms with Crippen LogP contribution in [0.5, 0.6) is 0 Å². The maximum Gasteiger partial charge on any atom is 0.247 e. The molecule has 0 fully saturated rings. The van der Waals surface area contributed by atoms with Crippen LogP contribution in [-0.2, 0) is 17.1 Å². The fourth-order valence-electron chi connectivity index (χ4n) is 1.08. The van der Waals surface area contributed by atoms with Gasteiger partial charge in [-0.1, -0.05) is 5.92 Å². The van der Waals surface area contributed by atoms with Gasteiger partial charge in [-0.05, 0) is 13.8 Å². The van der Waals surface area contributed by atoms with Crippen molar-refractivity contribution in [1.82, 2.24) is 14.1 Å². The molecule has 16 heavy (non-hydrogen) atoms. The summed E-state index contributed by atoms with van der Waals surface area (Å²) in [5.74, 6) is 2.44. The minimum absolute atomic E-state index is 0.140. The van der Waals surface area contributed by atoms with Crippen molar-refractivity contribution in [2.24, 2.45) is 7.05 Å². The summed E-state index contributed by atoms with van der Waals surface area (Å²) < 4.78 is 26.9. The topological polar surface area (TPSA) is 55.2 Å². The Kier molecular flexibility index (Phi) is 3.13. The van der Waals surface area contributed by atoms with E-state index in [2.05, 4.69) is 11.0 Å². The summed E-state index contributed by atoms with van der Waals surface area (Å²) >= 11 is 0. The zero-order valence-corrected chi connectivity index (χ0v) is 10.6. The molecule has 1 rings (SSSR count).